The summed E-state index contributed by atoms with van der Waals surface area (Å²) in [5.41, 5.74) is 0. The van der Waals surface area contributed by atoms with Crippen molar-refractivity contribution in [3.63, 3.8) is 0 Å². The van der Waals surface area contributed by atoms with Gasteiger partial charge in [0.05, 0.1) is 0 Å². The fraction of sp³-hybridized carbons (Fsp3) is 0.909. The molecule has 1 aliphatic rings. The summed E-state index contributed by atoms with van der Waals surface area (Å²) < 4.78 is 36.9. The minimum absolute atomic E-state index is 0.126. The van der Waals surface area contributed by atoms with E-state index in [9.17, 15) is 18.0 Å². The van der Waals surface area contributed by atoms with Gasteiger partial charge in [0, 0.05) is 5.92 Å². The van der Waals surface area contributed by atoms with Gasteiger partial charge in [-0.3, -0.25) is 4.79 Å². The Bertz CT molecular complexity index is 222. The normalized spacial score (nSPS) is 29.3. The molecule has 0 saturated heterocycles. The number of rotatable bonds is 1. The van der Waals surface area contributed by atoms with Gasteiger partial charge < -0.3 is 0 Å². The predicted octanol–water partition coefficient (Wildman–Crippen LogP) is 3.72. The summed E-state index contributed by atoms with van der Waals surface area (Å²) in [6, 6.07) is 0. The summed E-state index contributed by atoms with van der Waals surface area (Å²) in [6.07, 6.45) is 0.218. The summed E-state index contributed by atoms with van der Waals surface area (Å²) in [7, 11) is 0. The van der Waals surface area contributed by atoms with Gasteiger partial charge in [-0.05, 0) is 12.3 Å². The van der Waals surface area contributed by atoms with E-state index >= 15 is 0 Å². The fourth-order valence-corrected chi connectivity index (χ4v) is 2.27. The van der Waals surface area contributed by atoms with Crippen LogP contribution in [-0.2, 0) is 4.79 Å². The largest absolute Gasteiger partial charge is 0.450 e. The molecule has 2 unspecified atom stereocenters. The van der Waals surface area contributed by atoms with E-state index < -0.39 is 17.9 Å². The SMILES string of the molecule is CC1CCCCCCC1C(=O)C(F)(F)F. The van der Waals surface area contributed by atoms with E-state index in [1.54, 1.807) is 6.92 Å². The Morgan fingerprint density at radius 2 is 1.60 bits per heavy atom. The van der Waals surface area contributed by atoms with Crippen LogP contribution in [0.4, 0.5) is 13.2 Å². The maximum absolute atomic E-state index is 12.3. The summed E-state index contributed by atoms with van der Waals surface area (Å²) in [5.74, 6) is -2.44. The van der Waals surface area contributed by atoms with Crippen LogP contribution in [0, 0.1) is 11.8 Å². The molecule has 1 saturated carbocycles. The smallest absolute Gasteiger partial charge is 0.289 e. The van der Waals surface area contributed by atoms with Crippen LogP contribution in [0.5, 0.6) is 0 Å². The highest BCUT2D eigenvalue weighted by atomic mass is 19.4. The molecule has 0 aromatic carbocycles. The number of carbonyl (C=O) groups is 1. The monoisotopic (exact) mass is 222 g/mol. The van der Waals surface area contributed by atoms with Gasteiger partial charge in [0.2, 0.25) is 5.78 Å². The van der Waals surface area contributed by atoms with Gasteiger partial charge in [-0.2, -0.15) is 13.2 Å². The van der Waals surface area contributed by atoms with Crippen molar-refractivity contribution in [3.05, 3.63) is 0 Å². The van der Waals surface area contributed by atoms with Crippen molar-refractivity contribution in [2.24, 2.45) is 11.8 Å². The number of hydrogen-bond acceptors (Lipinski definition) is 1. The van der Waals surface area contributed by atoms with Gasteiger partial charge in [0.15, 0.2) is 0 Å². The average molecular weight is 222 g/mol. The lowest BCUT2D eigenvalue weighted by Gasteiger charge is -2.25. The molecule has 1 rings (SSSR count). The topological polar surface area (TPSA) is 17.1 Å². The molecule has 0 spiro atoms. The van der Waals surface area contributed by atoms with Gasteiger partial charge in [0.25, 0.3) is 0 Å². The Morgan fingerprint density at radius 1 is 1.07 bits per heavy atom. The highest BCUT2D eigenvalue weighted by Gasteiger charge is 2.44. The van der Waals surface area contributed by atoms with Gasteiger partial charge in [0.1, 0.15) is 0 Å². The summed E-state index contributed by atoms with van der Waals surface area (Å²) in [5, 5.41) is 0. The molecule has 4 heteroatoms. The third-order valence-corrected chi connectivity index (χ3v) is 3.23. The van der Waals surface area contributed by atoms with E-state index in [2.05, 4.69) is 0 Å². The Labute approximate surface area is 88.0 Å². The maximum Gasteiger partial charge on any atom is 0.450 e. The Kier molecular flexibility index (Phi) is 4.17. The summed E-state index contributed by atoms with van der Waals surface area (Å²) >= 11 is 0. The van der Waals surface area contributed by atoms with E-state index in [0.717, 1.165) is 32.1 Å². The Balaban J connectivity index is 2.67. The quantitative estimate of drug-likeness (QED) is 0.660. The van der Waals surface area contributed by atoms with Crippen molar-refractivity contribution in [3.8, 4) is 0 Å². The van der Waals surface area contributed by atoms with E-state index in [1.807, 2.05) is 0 Å². The van der Waals surface area contributed by atoms with Crippen LogP contribution in [0.2, 0.25) is 0 Å². The molecule has 0 heterocycles. The number of carbonyl (C=O) groups excluding carboxylic acids is 1. The van der Waals surface area contributed by atoms with Crippen LogP contribution >= 0.6 is 0 Å². The molecule has 0 amide bonds. The van der Waals surface area contributed by atoms with Crippen LogP contribution in [-0.4, -0.2) is 12.0 Å². The standard InChI is InChI=1S/C11H17F3O/c1-8-6-4-2-3-5-7-9(8)10(15)11(12,13)14/h8-9H,2-7H2,1H3. The first-order valence-electron chi connectivity index (χ1n) is 5.54. The third kappa shape index (κ3) is 3.50. The number of Topliss-reactive ketones (excluding diaryl/α,β-unsaturated/α-hetero) is 1. The fourth-order valence-electron chi connectivity index (χ4n) is 2.27. The van der Waals surface area contributed by atoms with Gasteiger partial charge in [-0.1, -0.05) is 39.0 Å². The van der Waals surface area contributed by atoms with Crippen LogP contribution in [0.15, 0.2) is 0 Å². The molecule has 88 valence electrons. The molecule has 0 aromatic rings. The van der Waals surface area contributed by atoms with Crippen LogP contribution in [0.3, 0.4) is 0 Å². The molecular formula is C11H17F3O. The second-order valence-electron chi connectivity index (χ2n) is 4.44. The highest BCUT2D eigenvalue weighted by molar-refractivity contribution is 5.86. The van der Waals surface area contributed by atoms with Crippen LogP contribution < -0.4 is 0 Å². The minimum Gasteiger partial charge on any atom is -0.289 e. The van der Waals surface area contributed by atoms with Crippen molar-refractivity contribution in [1.82, 2.24) is 0 Å². The van der Waals surface area contributed by atoms with Crippen molar-refractivity contribution in [2.45, 2.75) is 51.6 Å². The molecule has 0 bridgehead atoms. The van der Waals surface area contributed by atoms with Crippen molar-refractivity contribution < 1.29 is 18.0 Å². The molecule has 0 aromatic heterocycles. The zero-order valence-electron chi connectivity index (χ0n) is 8.94. The predicted molar refractivity (Wildman–Crippen MR) is 51.4 cm³/mol. The molecule has 0 aliphatic heterocycles. The Hall–Kier alpha value is -0.540. The van der Waals surface area contributed by atoms with E-state index in [1.165, 1.54) is 0 Å². The van der Waals surface area contributed by atoms with Crippen LogP contribution in [0.1, 0.15) is 45.4 Å². The lowest BCUT2D eigenvalue weighted by molar-refractivity contribution is -0.177. The highest BCUT2D eigenvalue weighted by Crippen LogP contribution is 2.33. The van der Waals surface area contributed by atoms with Gasteiger partial charge in [-0.25, -0.2) is 0 Å². The van der Waals surface area contributed by atoms with Crippen molar-refractivity contribution >= 4 is 5.78 Å². The van der Waals surface area contributed by atoms with Crippen molar-refractivity contribution in [2.75, 3.05) is 0 Å². The first-order chi connectivity index (χ1) is 6.93. The van der Waals surface area contributed by atoms with Gasteiger partial charge >= 0.3 is 6.18 Å². The van der Waals surface area contributed by atoms with Crippen molar-refractivity contribution in [1.29, 1.82) is 0 Å². The molecule has 15 heavy (non-hydrogen) atoms. The zero-order chi connectivity index (χ0) is 11.5. The number of ketones is 1. The second-order valence-corrected chi connectivity index (χ2v) is 4.44. The Morgan fingerprint density at radius 3 is 2.13 bits per heavy atom. The molecule has 0 radical (unpaired) electrons. The molecular weight excluding hydrogens is 205 g/mol. The zero-order valence-corrected chi connectivity index (χ0v) is 8.94. The third-order valence-electron chi connectivity index (χ3n) is 3.23. The minimum atomic E-state index is -4.65. The lowest BCUT2D eigenvalue weighted by Crippen LogP contribution is -2.34. The lowest BCUT2D eigenvalue weighted by atomic mass is 9.80. The molecule has 2 atom stereocenters. The molecule has 0 N–H and O–H groups in total. The van der Waals surface area contributed by atoms with E-state index in [0.29, 0.717) is 6.42 Å². The number of halogens is 3. The van der Waals surface area contributed by atoms with Gasteiger partial charge in [-0.15, -0.1) is 0 Å². The number of hydrogen-bond donors (Lipinski definition) is 0. The first-order valence-corrected chi connectivity index (χ1v) is 5.54. The average Bonchev–Trinajstić information content (AvgIpc) is 2.10. The summed E-state index contributed by atoms with van der Waals surface area (Å²) in [6.45, 7) is 1.76. The van der Waals surface area contributed by atoms with Crippen LogP contribution in [0.25, 0.3) is 0 Å². The summed E-state index contributed by atoms with van der Waals surface area (Å²) in [4.78, 5) is 11.2. The molecule has 1 fully saturated rings. The van der Waals surface area contributed by atoms with E-state index in [4.69, 9.17) is 0 Å². The molecule has 1 aliphatic carbocycles. The number of alkyl halides is 3. The second kappa shape index (κ2) is 4.99. The first kappa shape index (κ1) is 12.5. The maximum atomic E-state index is 12.3. The van der Waals surface area contributed by atoms with E-state index in [-0.39, 0.29) is 5.92 Å². The molecule has 1 nitrogen and oxygen atoms in total.